The van der Waals surface area contributed by atoms with E-state index in [-0.39, 0.29) is 11.7 Å². The molecule has 3 aromatic rings. The van der Waals surface area contributed by atoms with Crippen LogP contribution in [0.1, 0.15) is 56.2 Å². The second-order valence-electron chi connectivity index (χ2n) is 8.41. The van der Waals surface area contributed by atoms with E-state index in [4.69, 9.17) is 9.47 Å². The molecule has 0 aliphatic heterocycles. The minimum Gasteiger partial charge on any atom is -0.465 e. The van der Waals surface area contributed by atoms with E-state index in [1.807, 2.05) is 54.6 Å². The van der Waals surface area contributed by atoms with Crippen molar-refractivity contribution in [2.75, 3.05) is 14.2 Å². The molecule has 0 spiro atoms. The summed E-state index contributed by atoms with van der Waals surface area (Å²) in [5.74, 6) is -0.627. The van der Waals surface area contributed by atoms with Crippen molar-refractivity contribution in [2.24, 2.45) is 0 Å². The number of ether oxygens (including phenoxy) is 2. The maximum atomic E-state index is 13.5. The van der Waals surface area contributed by atoms with E-state index in [2.05, 4.69) is 12.1 Å². The molecule has 1 saturated carbocycles. The highest BCUT2D eigenvalue weighted by Gasteiger charge is 2.28. The molecule has 0 N–H and O–H groups in total. The van der Waals surface area contributed by atoms with Crippen LogP contribution in [0.15, 0.2) is 90.0 Å². The Hall–Kier alpha value is -4.25. The van der Waals surface area contributed by atoms with Gasteiger partial charge in [0, 0.05) is 11.1 Å². The first-order valence-electron chi connectivity index (χ1n) is 11.4. The van der Waals surface area contributed by atoms with Gasteiger partial charge in [0.05, 0.1) is 25.3 Å². The van der Waals surface area contributed by atoms with Crippen LogP contribution in [0.2, 0.25) is 0 Å². The average molecular weight is 467 g/mol. The molecule has 5 heteroatoms. The van der Waals surface area contributed by atoms with Gasteiger partial charge in [-0.3, -0.25) is 4.79 Å². The minimum atomic E-state index is -0.398. The lowest BCUT2D eigenvalue weighted by molar-refractivity contribution is -0.113. The Balaban J connectivity index is 1.68. The van der Waals surface area contributed by atoms with Crippen LogP contribution in [0, 0.1) is 0 Å². The third-order valence-corrected chi connectivity index (χ3v) is 6.13. The Kier molecular flexibility index (Phi) is 7.36. The lowest BCUT2D eigenvalue weighted by Crippen LogP contribution is -2.19. The maximum Gasteiger partial charge on any atom is 0.337 e. The Bertz CT molecular complexity index is 1200. The fourth-order valence-corrected chi connectivity index (χ4v) is 4.27. The van der Waals surface area contributed by atoms with E-state index in [1.165, 1.54) is 19.8 Å². The number of allylic oxidation sites excluding steroid dienone is 2. The molecule has 1 aliphatic carbocycles. The van der Waals surface area contributed by atoms with E-state index < -0.39 is 11.9 Å². The van der Waals surface area contributed by atoms with Crippen molar-refractivity contribution in [1.82, 2.24) is 0 Å². The molecular formula is C30H26O5. The molecule has 35 heavy (non-hydrogen) atoms. The molecule has 5 nitrogen and oxygen atoms in total. The topological polar surface area (TPSA) is 69.7 Å². The zero-order valence-electron chi connectivity index (χ0n) is 19.7. The van der Waals surface area contributed by atoms with Crippen molar-refractivity contribution in [2.45, 2.75) is 18.8 Å². The van der Waals surface area contributed by atoms with E-state index in [1.54, 1.807) is 24.3 Å². The Morgan fingerprint density at radius 3 is 1.51 bits per heavy atom. The highest BCUT2D eigenvalue weighted by atomic mass is 16.5. The van der Waals surface area contributed by atoms with Crippen LogP contribution in [0.4, 0.5) is 0 Å². The van der Waals surface area contributed by atoms with Crippen LogP contribution in [0.3, 0.4) is 0 Å². The summed E-state index contributed by atoms with van der Waals surface area (Å²) in [6, 6.07) is 24.2. The monoisotopic (exact) mass is 466 g/mol. The summed E-state index contributed by atoms with van der Waals surface area (Å²) < 4.78 is 9.52. The lowest BCUT2D eigenvalue weighted by Gasteiger charge is -2.26. The number of hydrogen-bond donors (Lipinski definition) is 0. The minimum absolute atomic E-state index is 0.00581. The first kappa shape index (κ1) is 23.9. The molecule has 0 atom stereocenters. The molecule has 0 heterocycles. The first-order chi connectivity index (χ1) is 17.0. The van der Waals surface area contributed by atoms with Crippen molar-refractivity contribution in [3.05, 3.63) is 118 Å². The second kappa shape index (κ2) is 10.8. The maximum absolute atomic E-state index is 13.5. The van der Waals surface area contributed by atoms with Crippen LogP contribution in [-0.4, -0.2) is 31.9 Å². The zero-order chi connectivity index (χ0) is 24.8. The van der Waals surface area contributed by atoms with Crippen molar-refractivity contribution < 1.29 is 23.9 Å². The number of esters is 2. The van der Waals surface area contributed by atoms with Gasteiger partial charge in [0.15, 0.2) is 5.78 Å². The summed E-state index contributed by atoms with van der Waals surface area (Å²) in [6.07, 6.45) is 5.04. The third kappa shape index (κ3) is 5.64. The molecule has 0 radical (unpaired) electrons. The van der Waals surface area contributed by atoms with Crippen LogP contribution >= 0.6 is 0 Å². The Morgan fingerprint density at radius 2 is 1.11 bits per heavy atom. The number of benzene rings is 3. The van der Waals surface area contributed by atoms with Crippen LogP contribution in [0.25, 0.3) is 12.2 Å². The highest BCUT2D eigenvalue weighted by molar-refractivity contribution is 6.14. The number of carbonyl (C=O) groups excluding carboxylic acids is 3. The van der Waals surface area contributed by atoms with Crippen molar-refractivity contribution >= 4 is 29.9 Å². The number of Topliss-reactive ketones (excluding diaryl/α,β-unsaturated/α-hetero) is 1. The van der Waals surface area contributed by atoms with Gasteiger partial charge < -0.3 is 9.47 Å². The van der Waals surface area contributed by atoms with Crippen molar-refractivity contribution in [3.63, 3.8) is 0 Å². The predicted molar refractivity (Wildman–Crippen MR) is 135 cm³/mol. The van der Waals surface area contributed by atoms with Gasteiger partial charge in [0.2, 0.25) is 0 Å². The van der Waals surface area contributed by atoms with E-state index in [0.29, 0.717) is 35.1 Å². The van der Waals surface area contributed by atoms with Gasteiger partial charge in [-0.15, -0.1) is 0 Å². The molecule has 0 saturated heterocycles. The summed E-state index contributed by atoms with van der Waals surface area (Å²) in [5, 5.41) is 0. The molecule has 176 valence electrons. The Labute approximate surface area is 204 Å². The standard InChI is InChI=1S/C30H26O5/c1-34-29(32)23-12-8-20(9-13-23)16-26-18-25(22-6-4-3-5-7-22)19-27(28(26)31)17-21-10-14-24(15-11-21)30(33)35-2/h3-17,25H,18-19H2,1-2H3. The molecule has 3 aromatic carbocycles. The van der Waals surface area contributed by atoms with Crippen molar-refractivity contribution in [1.29, 1.82) is 0 Å². The van der Waals surface area contributed by atoms with Gasteiger partial charge in [-0.1, -0.05) is 54.6 Å². The zero-order valence-corrected chi connectivity index (χ0v) is 19.7. The van der Waals surface area contributed by atoms with Crippen LogP contribution in [-0.2, 0) is 14.3 Å². The van der Waals surface area contributed by atoms with Gasteiger partial charge in [-0.25, -0.2) is 9.59 Å². The molecule has 0 aromatic heterocycles. The average Bonchev–Trinajstić information content (AvgIpc) is 2.91. The predicted octanol–water partition coefficient (Wildman–Crippen LogP) is 5.87. The molecule has 0 unspecified atom stereocenters. The molecule has 1 aliphatic rings. The lowest BCUT2D eigenvalue weighted by atomic mass is 9.76. The summed E-state index contributed by atoms with van der Waals surface area (Å²) in [5.41, 5.74) is 5.22. The number of methoxy groups -OCH3 is 2. The summed E-state index contributed by atoms with van der Waals surface area (Å²) >= 11 is 0. The van der Waals surface area contributed by atoms with Gasteiger partial charge in [0.25, 0.3) is 0 Å². The van der Waals surface area contributed by atoms with E-state index in [9.17, 15) is 14.4 Å². The molecule has 4 rings (SSSR count). The highest BCUT2D eigenvalue weighted by Crippen LogP contribution is 2.38. The van der Waals surface area contributed by atoms with Gasteiger partial charge in [-0.2, -0.15) is 0 Å². The largest absolute Gasteiger partial charge is 0.465 e. The van der Waals surface area contributed by atoms with E-state index in [0.717, 1.165) is 11.1 Å². The van der Waals surface area contributed by atoms with Gasteiger partial charge >= 0.3 is 11.9 Å². The number of ketones is 1. The van der Waals surface area contributed by atoms with Crippen LogP contribution < -0.4 is 0 Å². The van der Waals surface area contributed by atoms with Crippen LogP contribution in [0.5, 0.6) is 0 Å². The quantitative estimate of drug-likeness (QED) is 0.347. The number of carbonyl (C=O) groups is 3. The smallest absolute Gasteiger partial charge is 0.337 e. The normalized spacial score (nSPS) is 17.9. The molecule has 1 fully saturated rings. The molecule has 0 bridgehead atoms. The fraction of sp³-hybridized carbons (Fsp3) is 0.167. The Morgan fingerprint density at radius 1 is 0.686 bits per heavy atom. The first-order valence-corrected chi connectivity index (χ1v) is 11.4. The van der Waals surface area contributed by atoms with Gasteiger partial charge in [0.1, 0.15) is 0 Å². The molecular weight excluding hydrogens is 440 g/mol. The van der Waals surface area contributed by atoms with E-state index >= 15 is 0 Å². The summed E-state index contributed by atoms with van der Waals surface area (Å²) in [7, 11) is 2.69. The van der Waals surface area contributed by atoms with Crippen molar-refractivity contribution in [3.8, 4) is 0 Å². The number of rotatable bonds is 5. The molecule has 0 amide bonds. The summed E-state index contributed by atoms with van der Waals surface area (Å²) in [6.45, 7) is 0. The third-order valence-electron chi connectivity index (χ3n) is 6.13. The number of hydrogen-bond acceptors (Lipinski definition) is 5. The SMILES string of the molecule is COC(=O)c1ccc(C=C2CC(c3ccccc3)CC(=Cc3ccc(C(=O)OC)cc3)C2=O)cc1. The fourth-order valence-electron chi connectivity index (χ4n) is 4.27. The summed E-state index contributed by atoms with van der Waals surface area (Å²) in [4.78, 5) is 36.9. The second-order valence-corrected chi connectivity index (χ2v) is 8.41. The van der Waals surface area contributed by atoms with Gasteiger partial charge in [-0.05, 0) is 71.9 Å².